The van der Waals surface area contributed by atoms with Crippen molar-refractivity contribution in [3.05, 3.63) is 71.3 Å². The van der Waals surface area contributed by atoms with Gasteiger partial charge in [0.1, 0.15) is 0 Å². The van der Waals surface area contributed by atoms with E-state index in [9.17, 15) is 5.11 Å². The third kappa shape index (κ3) is 3.36. The molecule has 0 aromatic heterocycles. The second-order valence-corrected chi connectivity index (χ2v) is 5.91. The Labute approximate surface area is 131 Å². The summed E-state index contributed by atoms with van der Waals surface area (Å²) in [7, 11) is 0. The minimum absolute atomic E-state index is 0.498. The maximum absolute atomic E-state index is 10.4. The van der Waals surface area contributed by atoms with Crippen LogP contribution in [0, 0.1) is 11.3 Å². The molecule has 3 nitrogen and oxygen atoms in total. The van der Waals surface area contributed by atoms with Crippen molar-refractivity contribution in [1.82, 2.24) is 4.90 Å². The van der Waals surface area contributed by atoms with Gasteiger partial charge >= 0.3 is 0 Å². The SMILES string of the molecule is N#Cc1ccc(C(O)CN2CCC(c3ccccc3)C2)cc1. The molecule has 1 N–H and O–H groups in total. The van der Waals surface area contributed by atoms with E-state index in [4.69, 9.17) is 5.26 Å². The highest BCUT2D eigenvalue weighted by Crippen LogP contribution is 2.28. The summed E-state index contributed by atoms with van der Waals surface area (Å²) in [5.74, 6) is 0.564. The lowest BCUT2D eigenvalue weighted by atomic mass is 9.99. The predicted molar refractivity (Wildman–Crippen MR) is 86.4 cm³/mol. The Balaban J connectivity index is 1.58. The van der Waals surface area contributed by atoms with Gasteiger partial charge in [0.2, 0.25) is 0 Å². The van der Waals surface area contributed by atoms with E-state index in [1.807, 2.05) is 18.2 Å². The maximum atomic E-state index is 10.4. The Kier molecular flexibility index (Phi) is 4.53. The van der Waals surface area contributed by atoms with Gasteiger partial charge in [0.05, 0.1) is 17.7 Å². The van der Waals surface area contributed by atoms with Crippen LogP contribution in [0.4, 0.5) is 0 Å². The Morgan fingerprint density at radius 3 is 2.55 bits per heavy atom. The van der Waals surface area contributed by atoms with Crippen LogP contribution in [0.15, 0.2) is 54.6 Å². The molecule has 112 valence electrons. The fraction of sp³-hybridized carbons (Fsp3) is 0.316. The first kappa shape index (κ1) is 14.8. The topological polar surface area (TPSA) is 47.3 Å². The van der Waals surface area contributed by atoms with Crippen molar-refractivity contribution in [3.8, 4) is 6.07 Å². The fourth-order valence-corrected chi connectivity index (χ4v) is 3.13. The first-order valence-corrected chi connectivity index (χ1v) is 7.71. The fourth-order valence-electron chi connectivity index (χ4n) is 3.13. The van der Waals surface area contributed by atoms with E-state index in [0.29, 0.717) is 18.0 Å². The number of benzene rings is 2. The normalized spacial score (nSPS) is 19.7. The van der Waals surface area contributed by atoms with Crippen LogP contribution >= 0.6 is 0 Å². The van der Waals surface area contributed by atoms with Crippen molar-refractivity contribution in [2.24, 2.45) is 0 Å². The molecule has 0 saturated carbocycles. The van der Waals surface area contributed by atoms with E-state index in [1.54, 1.807) is 12.1 Å². The Bertz CT molecular complexity index is 645. The quantitative estimate of drug-likeness (QED) is 0.942. The maximum Gasteiger partial charge on any atom is 0.0991 e. The molecule has 3 heteroatoms. The molecule has 2 aromatic rings. The average molecular weight is 292 g/mol. The second-order valence-electron chi connectivity index (χ2n) is 5.91. The summed E-state index contributed by atoms with van der Waals surface area (Å²) >= 11 is 0. The molecule has 1 aliphatic rings. The van der Waals surface area contributed by atoms with Crippen LogP contribution in [-0.2, 0) is 0 Å². The molecule has 0 spiro atoms. The second kappa shape index (κ2) is 6.74. The molecule has 0 radical (unpaired) electrons. The molecule has 22 heavy (non-hydrogen) atoms. The Morgan fingerprint density at radius 2 is 1.86 bits per heavy atom. The van der Waals surface area contributed by atoms with Crippen LogP contribution in [-0.4, -0.2) is 29.6 Å². The summed E-state index contributed by atoms with van der Waals surface area (Å²) in [5, 5.41) is 19.2. The summed E-state index contributed by atoms with van der Waals surface area (Å²) in [4.78, 5) is 2.32. The van der Waals surface area contributed by atoms with Gasteiger partial charge in [-0.05, 0) is 42.1 Å². The molecule has 1 aliphatic heterocycles. The van der Waals surface area contributed by atoms with Crippen LogP contribution in [0.5, 0.6) is 0 Å². The lowest BCUT2D eigenvalue weighted by Gasteiger charge is -2.20. The molecular formula is C19H20N2O. The molecule has 0 amide bonds. The highest BCUT2D eigenvalue weighted by molar-refractivity contribution is 5.32. The van der Waals surface area contributed by atoms with Crippen LogP contribution in [0.25, 0.3) is 0 Å². The van der Waals surface area contributed by atoms with Gasteiger partial charge in [-0.15, -0.1) is 0 Å². The van der Waals surface area contributed by atoms with E-state index >= 15 is 0 Å². The molecule has 1 saturated heterocycles. The lowest BCUT2D eigenvalue weighted by Crippen LogP contribution is -2.26. The van der Waals surface area contributed by atoms with Gasteiger partial charge in [-0.25, -0.2) is 0 Å². The van der Waals surface area contributed by atoms with E-state index in [0.717, 1.165) is 25.1 Å². The molecule has 3 rings (SSSR count). The van der Waals surface area contributed by atoms with Gasteiger partial charge in [0.25, 0.3) is 0 Å². The van der Waals surface area contributed by atoms with Crippen molar-refractivity contribution < 1.29 is 5.11 Å². The van der Waals surface area contributed by atoms with Crippen LogP contribution in [0.3, 0.4) is 0 Å². The summed E-state index contributed by atoms with van der Waals surface area (Å²) in [6.07, 6.45) is 0.645. The number of nitrogens with zero attached hydrogens (tertiary/aromatic N) is 2. The Morgan fingerprint density at radius 1 is 1.14 bits per heavy atom. The molecule has 2 aromatic carbocycles. The zero-order valence-corrected chi connectivity index (χ0v) is 12.5. The third-order valence-corrected chi connectivity index (χ3v) is 4.40. The first-order valence-electron chi connectivity index (χ1n) is 7.71. The molecule has 2 atom stereocenters. The smallest absolute Gasteiger partial charge is 0.0991 e. The number of hydrogen-bond donors (Lipinski definition) is 1. The molecular weight excluding hydrogens is 272 g/mol. The minimum atomic E-state index is -0.498. The van der Waals surface area contributed by atoms with Crippen molar-refractivity contribution in [2.75, 3.05) is 19.6 Å². The number of likely N-dealkylation sites (tertiary alicyclic amines) is 1. The van der Waals surface area contributed by atoms with Gasteiger partial charge in [-0.2, -0.15) is 5.26 Å². The minimum Gasteiger partial charge on any atom is -0.387 e. The molecule has 0 bridgehead atoms. The Hall–Kier alpha value is -2.15. The van der Waals surface area contributed by atoms with E-state index in [1.165, 1.54) is 5.56 Å². The van der Waals surface area contributed by atoms with Gasteiger partial charge in [0.15, 0.2) is 0 Å². The van der Waals surface area contributed by atoms with Crippen molar-refractivity contribution in [2.45, 2.75) is 18.4 Å². The van der Waals surface area contributed by atoms with Crippen molar-refractivity contribution in [3.63, 3.8) is 0 Å². The predicted octanol–water partition coefficient (Wildman–Crippen LogP) is 3.08. The summed E-state index contributed by atoms with van der Waals surface area (Å²) < 4.78 is 0. The molecule has 1 heterocycles. The number of aliphatic hydroxyl groups excluding tert-OH is 1. The zero-order chi connectivity index (χ0) is 15.4. The van der Waals surface area contributed by atoms with E-state index < -0.39 is 6.10 Å². The number of β-amino-alcohol motifs (C(OH)–C–C–N with tert-alkyl or cyclic N) is 1. The summed E-state index contributed by atoms with van der Waals surface area (Å²) in [6.45, 7) is 2.67. The molecule has 1 fully saturated rings. The van der Waals surface area contributed by atoms with E-state index in [-0.39, 0.29) is 0 Å². The average Bonchev–Trinajstić information content (AvgIpc) is 3.04. The molecule has 2 unspecified atom stereocenters. The zero-order valence-electron chi connectivity index (χ0n) is 12.5. The lowest BCUT2D eigenvalue weighted by molar-refractivity contribution is 0.125. The largest absolute Gasteiger partial charge is 0.387 e. The number of rotatable bonds is 4. The molecule has 0 aliphatic carbocycles. The van der Waals surface area contributed by atoms with Crippen LogP contribution < -0.4 is 0 Å². The van der Waals surface area contributed by atoms with Crippen molar-refractivity contribution in [1.29, 1.82) is 5.26 Å². The highest BCUT2D eigenvalue weighted by Gasteiger charge is 2.25. The van der Waals surface area contributed by atoms with Gasteiger partial charge in [-0.1, -0.05) is 42.5 Å². The number of nitriles is 1. The summed E-state index contributed by atoms with van der Waals surface area (Å²) in [5.41, 5.74) is 2.89. The van der Waals surface area contributed by atoms with Gasteiger partial charge in [0, 0.05) is 13.1 Å². The number of hydrogen-bond acceptors (Lipinski definition) is 3. The van der Waals surface area contributed by atoms with E-state index in [2.05, 4.69) is 35.2 Å². The third-order valence-electron chi connectivity index (χ3n) is 4.40. The van der Waals surface area contributed by atoms with Gasteiger partial charge < -0.3 is 5.11 Å². The standard InChI is InChI=1S/C19H20N2O/c20-12-15-6-8-17(9-7-15)19(22)14-21-11-10-18(13-21)16-4-2-1-3-5-16/h1-9,18-19,22H,10-11,13-14H2. The van der Waals surface area contributed by atoms with Crippen molar-refractivity contribution >= 4 is 0 Å². The van der Waals surface area contributed by atoms with Gasteiger partial charge in [-0.3, -0.25) is 4.90 Å². The highest BCUT2D eigenvalue weighted by atomic mass is 16.3. The summed E-state index contributed by atoms with van der Waals surface area (Å²) in [6, 6.07) is 19.9. The monoisotopic (exact) mass is 292 g/mol. The van der Waals surface area contributed by atoms with Crippen LogP contribution in [0.2, 0.25) is 0 Å². The number of aliphatic hydroxyl groups is 1. The van der Waals surface area contributed by atoms with Crippen LogP contribution in [0.1, 0.15) is 35.1 Å². The first-order chi connectivity index (χ1) is 10.8.